The minimum atomic E-state index is -0.802. The molecule has 5 heteroatoms. The second-order valence-electron chi connectivity index (χ2n) is 5.52. The summed E-state index contributed by atoms with van der Waals surface area (Å²) in [7, 11) is 0. The van der Waals surface area contributed by atoms with Gasteiger partial charge in [0.25, 0.3) is 0 Å². The number of rotatable bonds is 5. The minimum absolute atomic E-state index is 0.218. The number of ether oxygens (including phenoxy) is 2. The van der Waals surface area contributed by atoms with Crippen molar-refractivity contribution in [3.63, 3.8) is 0 Å². The van der Waals surface area contributed by atoms with E-state index in [4.69, 9.17) is 9.47 Å². The Kier molecular flexibility index (Phi) is 6.53. The van der Waals surface area contributed by atoms with Gasteiger partial charge in [-0.2, -0.15) is 0 Å². The van der Waals surface area contributed by atoms with Crippen molar-refractivity contribution < 1.29 is 23.9 Å². The van der Waals surface area contributed by atoms with E-state index in [1.165, 1.54) is 0 Å². The summed E-state index contributed by atoms with van der Waals surface area (Å²) < 4.78 is 10.3. The third-order valence-corrected chi connectivity index (χ3v) is 3.75. The van der Waals surface area contributed by atoms with Gasteiger partial charge in [0.1, 0.15) is 6.29 Å². The SMILES string of the molecule is CCOC(=O)[C@@H]1C(=C(C)C)C(C=O)=C[C@H](C)[C@H]1C(=O)OCC. The molecule has 22 heavy (non-hydrogen) atoms. The first kappa shape index (κ1) is 18.1. The number of aldehydes is 1. The number of hydrogen-bond donors (Lipinski definition) is 0. The zero-order valence-corrected chi connectivity index (χ0v) is 13.8. The number of carbonyl (C=O) groups excluding carboxylic acids is 3. The molecule has 0 aliphatic heterocycles. The molecule has 0 bridgehead atoms. The van der Waals surface area contributed by atoms with Gasteiger partial charge in [-0.15, -0.1) is 0 Å². The maximum atomic E-state index is 12.4. The van der Waals surface area contributed by atoms with Crippen LogP contribution in [-0.4, -0.2) is 31.4 Å². The molecule has 0 radical (unpaired) electrons. The van der Waals surface area contributed by atoms with Gasteiger partial charge in [-0.1, -0.05) is 18.6 Å². The lowest BCUT2D eigenvalue weighted by molar-refractivity contribution is -0.160. The Labute approximate surface area is 131 Å². The zero-order chi connectivity index (χ0) is 16.9. The van der Waals surface area contributed by atoms with Gasteiger partial charge in [0.15, 0.2) is 0 Å². The lowest BCUT2D eigenvalue weighted by Crippen LogP contribution is -2.41. The molecular formula is C17H24O5. The van der Waals surface area contributed by atoms with E-state index in [-0.39, 0.29) is 19.1 Å². The Morgan fingerprint density at radius 2 is 1.68 bits per heavy atom. The summed E-state index contributed by atoms with van der Waals surface area (Å²) in [4.78, 5) is 36.1. The third kappa shape index (κ3) is 3.64. The highest BCUT2D eigenvalue weighted by Gasteiger charge is 2.45. The Balaban J connectivity index is 3.43. The number of hydrogen-bond acceptors (Lipinski definition) is 5. The van der Waals surface area contributed by atoms with Crippen molar-refractivity contribution in [1.29, 1.82) is 0 Å². The molecule has 0 saturated heterocycles. The van der Waals surface area contributed by atoms with E-state index in [2.05, 4.69) is 0 Å². The fourth-order valence-corrected chi connectivity index (χ4v) is 2.93. The smallest absolute Gasteiger partial charge is 0.314 e. The van der Waals surface area contributed by atoms with E-state index in [9.17, 15) is 14.4 Å². The highest BCUT2D eigenvalue weighted by molar-refractivity contribution is 5.92. The number of esters is 2. The fourth-order valence-electron chi connectivity index (χ4n) is 2.93. The van der Waals surface area contributed by atoms with E-state index < -0.39 is 23.8 Å². The fraction of sp³-hybridized carbons (Fsp3) is 0.588. The van der Waals surface area contributed by atoms with Gasteiger partial charge in [-0.3, -0.25) is 14.4 Å². The predicted molar refractivity (Wildman–Crippen MR) is 81.9 cm³/mol. The van der Waals surface area contributed by atoms with Gasteiger partial charge in [0, 0.05) is 5.57 Å². The molecule has 0 N–H and O–H groups in total. The summed E-state index contributed by atoms with van der Waals surface area (Å²) in [5.74, 6) is -2.68. The van der Waals surface area contributed by atoms with E-state index in [0.717, 1.165) is 11.9 Å². The summed E-state index contributed by atoms with van der Waals surface area (Å²) in [6, 6.07) is 0. The van der Waals surface area contributed by atoms with E-state index in [1.54, 1.807) is 26.8 Å². The van der Waals surface area contributed by atoms with Crippen LogP contribution >= 0.6 is 0 Å². The molecule has 0 heterocycles. The van der Waals surface area contributed by atoms with Crippen LogP contribution in [-0.2, 0) is 23.9 Å². The summed E-state index contributed by atoms with van der Waals surface area (Å²) in [5.41, 5.74) is 1.84. The Bertz CT molecular complexity index is 511. The van der Waals surface area contributed by atoms with Crippen molar-refractivity contribution in [3.05, 3.63) is 22.8 Å². The normalized spacial score (nSPS) is 24.3. The molecule has 122 valence electrons. The molecule has 5 nitrogen and oxygen atoms in total. The lowest BCUT2D eigenvalue weighted by atomic mass is 9.69. The maximum Gasteiger partial charge on any atom is 0.314 e. The van der Waals surface area contributed by atoms with Crippen LogP contribution in [0.4, 0.5) is 0 Å². The quantitative estimate of drug-likeness (QED) is 0.576. The predicted octanol–water partition coefficient (Wildman–Crippen LogP) is 2.46. The van der Waals surface area contributed by atoms with E-state index >= 15 is 0 Å². The van der Waals surface area contributed by atoms with Crippen LogP contribution in [0.3, 0.4) is 0 Å². The van der Waals surface area contributed by atoms with E-state index in [1.807, 2.05) is 13.8 Å². The first-order valence-corrected chi connectivity index (χ1v) is 7.56. The van der Waals surface area contributed by atoms with Gasteiger partial charge in [-0.05, 0) is 39.2 Å². The monoisotopic (exact) mass is 308 g/mol. The van der Waals surface area contributed by atoms with Crippen molar-refractivity contribution in [2.24, 2.45) is 17.8 Å². The van der Waals surface area contributed by atoms with Crippen LogP contribution in [0.15, 0.2) is 22.8 Å². The van der Waals surface area contributed by atoms with Crippen molar-refractivity contribution in [1.82, 2.24) is 0 Å². The molecule has 0 saturated carbocycles. The molecule has 0 amide bonds. The molecule has 0 aromatic carbocycles. The molecular weight excluding hydrogens is 284 g/mol. The molecule has 0 unspecified atom stereocenters. The molecule has 0 aromatic rings. The maximum absolute atomic E-state index is 12.4. The van der Waals surface area contributed by atoms with Crippen LogP contribution < -0.4 is 0 Å². The summed E-state index contributed by atoms with van der Waals surface area (Å²) in [6.07, 6.45) is 2.46. The average Bonchev–Trinajstić information content (AvgIpc) is 2.45. The molecule has 0 aromatic heterocycles. The zero-order valence-electron chi connectivity index (χ0n) is 13.8. The Hall–Kier alpha value is -1.91. The Morgan fingerprint density at radius 1 is 1.14 bits per heavy atom. The third-order valence-electron chi connectivity index (χ3n) is 3.75. The van der Waals surface area contributed by atoms with Gasteiger partial charge in [-0.25, -0.2) is 0 Å². The molecule has 0 spiro atoms. The highest BCUT2D eigenvalue weighted by Crippen LogP contribution is 2.40. The minimum Gasteiger partial charge on any atom is -0.466 e. The van der Waals surface area contributed by atoms with Gasteiger partial charge < -0.3 is 9.47 Å². The number of allylic oxidation sites excluding steroid dienone is 3. The van der Waals surface area contributed by atoms with Crippen LogP contribution in [0, 0.1) is 17.8 Å². The molecule has 0 fully saturated rings. The van der Waals surface area contributed by atoms with Crippen LogP contribution in [0.25, 0.3) is 0 Å². The molecule has 1 rings (SSSR count). The standard InChI is InChI=1S/C17H24O5/c1-6-21-16(19)14-11(5)8-12(9-18)13(10(3)4)15(14)17(20)22-7-2/h8-9,11,14-15H,6-7H2,1-5H3/t11-,14+,15+/m0/s1. The second kappa shape index (κ2) is 7.92. The summed E-state index contributed by atoms with van der Waals surface area (Å²) in [5, 5.41) is 0. The van der Waals surface area contributed by atoms with Crippen LogP contribution in [0.1, 0.15) is 34.6 Å². The summed E-state index contributed by atoms with van der Waals surface area (Å²) in [6.45, 7) is 9.33. The van der Waals surface area contributed by atoms with Crippen LogP contribution in [0.2, 0.25) is 0 Å². The summed E-state index contributed by atoms with van der Waals surface area (Å²) >= 11 is 0. The first-order valence-electron chi connectivity index (χ1n) is 7.56. The van der Waals surface area contributed by atoms with Crippen molar-refractivity contribution in [2.75, 3.05) is 13.2 Å². The topological polar surface area (TPSA) is 69.7 Å². The largest absolute Gasteiger partial charge is 0.466 e. The molecule has 1 aliphatic carbocycles. The lowest BCUT2D eigenvalue weighted by Gasteiger charge is -2.34. The first-order chi connectivity index (χ1) is 10.4. The Morgan fingerprint density at radius 3 is 2.14 bits per heavy atom. The number of carbonyl (C=O) groups is 3. The molecule has 3 atom stereocenters. The van der Waals surface area contributed by atoms with Gasteiger partial charge >= 0.3 is 11.9 Å². The second-order valence-corrected chi connectivity index (χ2v) is 5.52. The van der Waals surface area contributed by atoms with Crippen molar-refractivity contribution in [2.45, 2.75) is 34.6 Å². The van der Waals surface area contributed by atoms with Crippen LogP contribution in [0.5, 0.6) is 0 Å². The van der Waals surface area contributed by atoms with Gasteiger partial charge in [0.2, 0.25) is 0 Å². The van der Waals surface area contributed by atoms with Crippen molar-refractivity contribution >= 4 is 18.2 Å². The van der Waals surface area contributed by atoms with Crippen molar-refractivity contribution in [3.8, 4) is 0 Å². The average molecular weight is 308 g/mol. The highest BCUT2D eigenvalue weighted by atomic mass is 16.5. The molecule has 1 aliphatic rings. The van der Waals surface area contributed by atoms with E-state index in [0.29, 0.717) is 11.1 Å². The van der Waals surface area contributed by atoms with Gasteiger partial charge in [0.05, 0.1) is 25.0 Å².